The van der Waals surface area contributed by atoms with E-state index in [1.54, 1.807) is 0 Å². The number of nitrogens with two attached hydrogens (primary N) is 1. The summed E-state index contributed by atoms with van der Waals surface area (Å²) in [5, 5.41) is 3.29. The zero-order valence-electron chi connectivity index (χ0n) is 10.6. The maximum Gasteiger partial charge on any atom is 0.123 e. The summed E-state index contributed by atoms with van der Waals surface area (Å²) in [5.74, 6) is 0.779. The van der Waals surface area contributed by atoms with Crippen molar-refractivity contribution < 1.29 is 14.2 Å². The molecule has 1 aromatic carbocycles. The smallest absolute Gasteiger partial charge is 0.123 e. The summed E-state index contributed by atoms with van der Waals surface area (Å²) >= 11 is 0. The summed E-state index contributed by atoms with van der Waals surface area (Å²) in [5.41, 5.74) is 7.44. The monoisotopic (exact) mass is 252 g/mol. The van der Waals surface area contributed by atoms with E-state index in [9.17, 15) is 0 Å². The number of nitrogens with one attached hydrogen (secondary N) is 1. The van der Waals surface area contributed by atoms with Gasteiger partial charge in [0.2, 0.25) is 0 Å². The molecule has 2 rings (SSSR count). The maximum absolute atomic E-state index is 5.82. The molecular weight excluding hydrogens is 232 g/mol. The highest BCUT2D eigenvalue weighted by molar-refractivity contribution is 5.59. The van der Waals surface area contributed by atoms with Crippen LogP contribution in [0, 0.1) is 0 Å². The van der Waals surface area contributed by atoms with Crippen LogP contribution in [0.3, 0.4) is 0 Å². The van der Waals surface area contributed by atoms with E-state index in [0.717, 1.165) is 11.4 Å². The molecule has 3 N–H and O–H groups in total. The van der Waals surface area contributed by atoms with Crippen LogP contribution in [0.5, 0.6) is 5.75 Å². The van der Waals surface area contributed by atoms with Gasteiger partial charge >= 0.3 is 0 Å². The Morgan fingerprint density at radius 3 is 3.00 bits per heavy atom. The van der Waals surface area contributed by atoms with Crippen molar-refractivity contribution >= 4 is 11.4 Å². The average molecular weight is 252 g/mol. The second kappa shape index (κ2) is 6.47. The first kappa shape index (κ1) is 13.0. The molecule has 1 saturated heterocycles. The Bertz CT molecular complexity index is 378. The molecule has 0 radical (unpaired) electrons. The van der Waals surface area contributed by atoms with E-state index in [2.05, 4.69) is 5.32 Å². The molecule has 0 aromatic heterocycles. The van der Waals surface area contributed by atoms with E-state index >= 15 is 0 Å². The molecule has 18 heavy (non-hydrogen) atoms. The molecule has 0 amide bonds. The minimum absolute atomic E-state index is 0.0933. The molecule has 1 atom stereocenters. The number of benzene rings is 1. The van der Waals surface area contributed by atoms with Crippen molar-refractivity contribution in [2.24, 2.45) is 0 Å². The van der Waals surface area contributed by atoms with Crippen molar-refractivity contribution in [1.82, 2.24) is 0 Å². The van der Waals surface area contributed by atoms with Crippen LogP contribution in [0.15, 0.2) is 18.2 Å². The first-order chi connectivity index (χ1) is 8.78. The largest absolute Gasteiger partial charge is 0.494 e. The van der Waals surface area contributed by atoms with Gasteiger partial charge in [0.05, 0.1) is 32.5 Å². The third kappa shape index (κ3) is 3.78. The molecular formula is C13H20N2O3. The Labute approximate surface area is 107 Å². The molecule has 1 aromatic rings. The molecule has 0 bridgehead atoms. The van der Waals surface area contributed by atoms with Gasteiger partial charge in [-0.05, 0) is 13.0 Å². The SMILES string of the molecule is CCOc1cc(N)cc(NCC2COCCO2)c1. The zero-order chi connectivity index (χ0) is 12.8. The van der Waals surface area contributed by atoms with Crippen molar-refractivity contribution in [3.63, 3.8) is 0 Å². The zero-order valence-corrected chi connectivity index (χ0v) is 10.6. The standard InChI is InChI=1S/C13H20N2O3/c1-2-17-12-6-10(14)5-11(7-12)15-8-13-9-16-3-4-18-13/h5-7,13,15H,2-4,8-9,14H2,1H3. The van der Waals surface area contributed by atoms with Crippen LogP contribution in [0.2, 0.25) is 0 Å². The third-order valence-electron chi connectivity index (χ3n) is 2.66. The van der Waals surface area contributed by atoms with Crippen LogP contribution in [0.4, 0.5) is 11.4 Å². The molecule has 1 unspecified atom stereocenters. The van der Waals surface area contributed by atoms with Gasteiger partial charge in [0.15, 0.2) is 0 Å². The molecule has 1 aliphatic heterocycles. The Kier molecular flexibility index (Phi) is 4.66. The van der Waals surface area contributed by atoms with Gasteiger partial charge in [-0.15, -0.1) is 0 Å². The lowest BCUT2D eigenvalue weighted by Crippen LogP contribution is -2.34. The lowest BCUT2D eigenvalue weighted by atomic mass is 10.2. The van der Waals surface area contributed by atoms with Gasteiger partial charge in [-0.2, -0.15) is 0 Å². The first-order valence-corrected chi connectivity index (χ1v) is 6.24. The fraction of sp³-hybridized carbons (Fsp3) is 0.538. The highest BCUT2D eigenvalue weighted by Crippen LogP contribution is 2.22. The van der Waals surface area contributed by atoms with E-state index in [4.69, 9.17) is 19.9 Å². The number of ether oxygens (including phenoxy) is 3. The van der Waals surface area contributed by atoms with Crippen LogP contribution in [0.1, 0.15) is 6.92 Å². The highest BCUT2D eigenvalue weighted by atomic mass is 16.6. The Balaban J connectivity index is 1.91. The lowest BCUT2D eigenvalue weighted by Gasteiger charge is -2.23. The van der Waals surface area contributed by atoms with Gasteiger partial charge in [-0.1, -0.05) is 0 Å². The Morgan fingerprint density at radius 2 is 2.28 bits per heavy atom. The lowest BCUT2D eigenvalue weighted by molar-refractivity contribution is -0.0818. The predicted molar refractivity (Wildman–Crippen MR) is 71.1 cm³/mol. The molecule has 0 spiro atoms. The van der Waals surface area contributed by atoms with Gasteiger partial charge in [-0.25, -0.2) is 0 Å². The summed E-state index contributed by atoms with van der Waals surface area (Å²) in [4.78, 5) is 0. The molecule has 1 heterocycles. The van der Waals surface area contributed by atoms with E-state index < -0.39 is 0 Å². The molecule has 100 valence electrons. The van der Waals surface area contributed by atoms with Gasteiger partial charge in [0.1, 0.15) is 5.75 Å². The molecule has 0 saturated carbocycles. The van der Waals surface area contributed by atoms with Crippen LogP contribution >= 0.6 is 0 Å². The highest BCUT2D eigenvalue weighted by Gasteiger charge is 2.13. The quantitative estimate of drug-likeness (QED) is 0.777. The van der Waals surface area contributed by atoms with E-state index in [0.29, 0.717) is 38.7 Å². The van der Waals surface area contributed by atoms with Crippen LogP contribution in [-0.4, -0.2) is 39.1 Å². The van der Waals surface area contributed by atoms with E-state index in [-0.39, 0.29) is 6.10 Å². The molecule has 0 aliphatic carbocycles. The molecule has 1 aliphatic rings. The number of hydrogen-bond acceptors (Lipinski definition) is 5. The third-order valence-corrected chi connectivity index (χ3v) is 2.66. The van der Waals surface area contributed by atoms with Crippen LogP contribution in [0.25, 0.3) is 0 Å². The van der Waals surface area contributed by atoms with Crippen molar-refractivity contribution in [2.45, 2.75) is 13.0 Å². The summed E-state index contributed by atoms with van der Waals surface area (Å²) in [6.07, 6.45) is 0.0933. The number of nitrogen functional groups attached to an aromatic ring is 1. The van der Waals surface area contributed by atoms with Gasteiger partial charge in [0.25, 0.3) is 0 Å². The fourth-order valence-electron chi connectivity index (χ4n) is 1.86. The Morgan fingerprint density at radius 1 is 1.39 bits per heavy atom. The summed E-state index contributed by atoms with van der Waals surface area (Å²) in [6, 6.07) is 5.63. The van der Waals surface area contributed by atoms with Gasteiger partial charge in [-0.3, -0.25) is 0 Å². The number of rotatable bonds is 5. The molecule has 5 nitrogen and oxygen atoms in total. The van der Waals surface area contributed by atoms with Crippen LogP contribution in [-0.2, 0) is 9.47 Å². The minimum Gasteiger partial charge on any atom is -0.494 e. The minimum atomic E-state index is 0.0933. The van der Waals surface area contributed by atoms with Crippen molar-refractivity contribution in [3.8, 4) is 5.75 Å². The normalized spacial score (nSPS) is 19.5. The summed E-state index contributed by atoms with van der Waals surface area (Å²) < 4.78 is 16.3. The van der Waals surface area contributed by atoms with Crippen molar-refractivity contribution in [2.75, 3.05) is 44.0 Å². The van der Waals surface area contributed by atoms with Gasteiger partial charge in [0, 0.05) is 30.1 Å². The van der Waals surface area contributed by atoms with Crippen molar-refractivity contribution in [1.29, 1.82) is 0 Å². The predicted octanol–water partition coefficient (Wildman–Crippen LogP) is 1.49. The second-order valence-corrected chi connectivity index (χ2v) is 4.17. The molecule has 5 heteroatoms. The number of hydrogen-bond donors (Lipinski definition) is 2. The molecule has 1 fully saturated rings. The van der Waals surface area contributed by atoms with Gasteiger partial charge < -0.3 is 25.3 Å². The second-order valence-electron chi connectivity index (χ2n) is 4.17. The van der Waals surface area contributed by atoms with E-state index in [1.165, 1.54) is 0 Å². The summed E-state index contributed by atoms with van der Waals surface area (Å²) in [7, 11) is 0. The van der Waals surface area contributed by atoms with Crippen molar-refractivity contribution in [3.05, 3.63) is 18.2 Å². The fourth-order valence-corrected chi connectivity index (χ4v) is 1.86. The Hall–Kier alpha value is -1.46. The van der Waals surface area contributed by atoms with E-state index in [1.807, 2.05) is 25.1 Å². The first-order valence-electron chi connectivity index (χ1n) is 6.24. The summed E-state index contributed by atoms with van der Waals surface area (Å²) in [6.45, 7) is 5.26. The topological polar surface area (TPSA) is 65.7 Å². The average Bonchev–Trinajstić information content (AvgIpc) is 2.37. The number of anilines is 2. The van der Waals surface area contributed by atoms with Crippen LogP contribution < -0.4 is 15.8 Å². The maximum atomic E-state index is 5.82.